The van der Waals surface area contributed by atoms with Gasteiger partial charge in [0.1, 0.15) is 0 Å². The molecular weight excluding hydrogens is 230 g/mol. The van der Waals surface area contributed by atoms with Gasteiger partial charge < -0.3 is 10.0 Å². The van der Waals surface area contributed by atoms with Crippen molar-refractivity contribution < 1.29 is 5.11 Å². The van der Waals surface area contributed by atoms with Crippen molar-refractivity contribution >= 4 is 15.9 Å². The minimum absolute atomic E-state index is 0.400. The van der Waals surface area contributed by atoms with Crippen LogP contribution in [0.5, 0.6) is 0 Å². The highest BCUT2D eigenvalue weighted by atomic mass is 79.9. The van der Waals surface area contributed by atoms with Crippen LogP contribution in [0.25, 0.3) is 0 Å². The molecular formula is C10H14BrNO. The van der Waals surface area contributed by atoms with E-state index in [1.165, 1.54) is 0 Å². The van der Waals surface area contributed by atoms with E-state index in [0.29, 0.717) is 6.54 Å². The maximum Gasteiger partial charge on any atom is 0.0916 e. The SMILES string of the molecule is CN(C)CC(O)c1ccc(Br)cc1. The number of benzene rings is 1. The average Bonchev–Trinajstić information content (AvgIpc) is 2.04. The van der Waals surface area contributed by atoms with Gasteiger partial charge in [0.05, 0.1) is 6.10 Å². The van der Waals surface area contributed by atoms with Crippen molar-refractivity contribution in [2.75, 3.05) is 20.6 Å². The van der Waals surface area contributed by atoms with Crippen LogP contribution in [0.2, 0.25) is 0 Å². The summed E-state index contributed by atoms with van der Waals surface area (Å²) in [6.07, 6.45) is -0.400. The number of aliphatic hydroxyl groups excluding tert-OH is 1. The zero-order valence-electron chi connectivity index (χ0n) is 7.87. The highest BCUT2D eigenvalue weighted by Gasteiger charge is 2.07. The van der Waals surface area contributed by atoms with E-state index in [2.05, 4.69) is 15.9 Å². The zero-order chi connectivity index (χ0) is 9.84. The van der Waals surface area contributed by atoms with Gasteiger partial charge in [-0.25, -0.2) is 0 Å². The van der Waals surface area contributed by atoms with E-state index in [1.54, 1.807) is 0 Å². The minimum Gasteiger partial charge on any atom is -0.387 e. The summed E-state index contributed by atoms with van der Waals surface area (Å²) in [5.74, 6) is 0. The van der Waals surface area contributed by atoms with Crippen LogP contribution in [0.3, 0.4) is 0 Å². The Hall–Kier alpha value is -0.380. The summed E-state index contributed by atoms with van der Waals surface area (Å²) in [5, 5.41) is 9.72. The molecule has 0 aliphatic rings. The molecule has 1 N–H and O–H groups in total. The van der Waals surface area contributed by atoms with Gasteiger partial charge in [0.15, 0.2) is 0 Å². The van der Waals surface area contributed by atoms with Crippen LogP contribution in [0.4, 0.5) is 0 Å². The predicted octanol–water partition coefficient (Wildman–Crippen LogP) is 2.04. The van der Waals surface area contributed by atoms with Crippen molar-refractivity contribution in [1.82, 2.24) is 4.90 Å². The van der Waals surface area contributed by atoms with E-state index in [1.807, 2.05) is 43.3 Å². The first-order chi connectivity index (χ1) is 6.09. The second-order valence-electron chi connectivity index (χ2n) is 3.33. The largest absolute Gasteiger partial charge is 0.387 e. The number of rotatable bonds is 3. The first kappa shape index (κ1) is 10.7. The molecule has 0 aliphatic heterocycles. The maximum absolute atomic E-state index is 9.72. The van der Waals surface area contributed by atoms with Crippen LogP contribution >= 0.6 is 15.9 Å². The fourth-order valence-electron chi connectivity index (χ4n) is 1.14. The Balaban J connectivity index is 2.66. The third kappa shape index (κ3) is 3.46. The molecule has 0 aromatic heterocycles. The molecule has 1 atom stereocenters. The van der Waals surface area contributed by atoms with Gasteiger partial charge in [0.25, 0.3) is 0 Å². The summed E-state index contributed by atoms with van der Waals surface area (Å²) >= 11 is 3.35. The molecule has 3 heteroatoms. The third-order valence-corrected chi connectivity index (χ3v) is 2.32. The Morgan fingerprint density at radius 3 is 2.31 bits per heavy atom. The zero-order valence-corrected chi connectivity index (χ0v) is 9.45. The van der Waals surface area contributed by atoms with Crippen molar-refractivity contribution in [2.24, 2.45) is 0 Å². The minimum atomic E-state index is -0.400. The summed E-state index contributed by atoms with van der Waals surface area (Å²) in [6, 6.07) is 7.74. The Bertz CT molecular complexity index is 258. The lowest BCUT2D eigenvalue weighted by atomic mass is 10.1. The van der Waals surface area contributed by atoms with E-state index in [9.17, 15) is 5.11 Å². The van der Waals surface area contributed by atoms with Crippen LogP contribution in [0, 0.1) is 0 Å². The molecule has 0 radical (unpaired) electrons. The van der Waals surface area contributed by atoms with Crippen LogP contribution in [-0.2, 0) is 0 Å². The lowest BCUT2D eigenvalue weighted by Crippen LogP contribution is -2.19. The normalized spacial score (nSPS) is 13.3. The fraction of sp³-hybridized carbons (Fsp3) is 0.400. The van der Waals surface area contributed by atoms with Crippen LogP contribution in [0.1, 0.15) is 11.7 Å². The molecule has 0 heterocycles. The Morgan fingerprint density at radius 1 is 1.31 bits per heavy atom. The lowest BCUT2D eigenvalue weighted by Gasteiger charge is -2.15. The molecule has 0 bridgehead atoms. The highest BCUT2D eigenvalue weighted by molar-refractivity contribution is 9.10. The van der Waals surface area contributed by atoms with Gasteiger partial charge in [-0.15, -0.1) is 0 Å². The molecule has 13 heavy (non-hydrogen) atoms. The molecule has 72 valence electrons. The number of hydrogen-bond donors (Lipinski definition) is 1. The van der Waals surface area contributed by atoms with Crippen molar-refractivity contribution in [3.8, 4) is 0 Å². The molecule has 1 unspecified atom stereocenters. The lowest BCUT2D eigenvalue weighted by molar-refractivity contribution is 0.138. The van der Waals surface area contributed by atoms with E-state index < -0.39 is 6.10 Å². The molecule has 0 saturated carbocycles. The summed E-state index contributed by atoms with van der Waals surface area (Å²) < 4.78 is 1.04. The average molecular weight is 244 g/mol. The molecule has 0 amide bonds. The summed E-state index contributed by atoms with van der Waals surface area (Å²) in [4.78, 5) is 1.96. The number of nitrogens with zero attached hydrogens (tertiary/aromatic N) is 1. The van der Waals surface area contributed by atoms with E-state index in [-0.39, 0.29) is 0 Å². The van der Waals surface area contributed by atoms with Gasteiger partial charge in [-0.3, -0.25) is 0 Å². The van der Waals surface area contributed by atoms with Crippen LogP contribution in [-0.4, -0.2) is 30.6 Å². The highest BCUT2D eigenvalue weighted by Crippen LogP contribution is 2.16. The summed E-state index contributed by atoms with van der Waals surface area (Å²) in [6.45, 7) is 0.654. The van der Waals surface area contributed by atoms with Gasteiger partial charge in [-0.2, -0.15) is 0 Å². The standard InChI is InChI=1S/C10H14BrNO/c1-12(2)7-10(13)8-3-5-9(11)6-4-8/h3-6,10,13H,7H2,1-2H3. The van der Waals surface area contributed by atoms with Gasteiger partial charge in [0, 0.05) is 11.0 Å². The van der Waals surface area contributed by atoms with Crippen molar-refractivity contribution in [2.45, 2.75) is 6.10 Å². The predicted molar refractivity (Wildman–Crippen MR) is 57.7 cm³/mol. The first-order valence-electron chi connectivity index (χ1n) is 4.18. The van der Waals surface area contributed by atoms with Crippen molar-refractivity contribution in [3.63, 3.8) is 0 Å². The van der Waals surface area contributed by atoms with Crippen LogP contribution < -0.4 is 0 Å². The first-order valence-corrected chi connectivity index (χ1v) is 4.97. The van der Waals surface area contributed by atoms with Gasteiger partial charge >= 0.3 is 0 Å². The Labute approximate surface area is 87.3 Å². The second-order valence-corrected chi connectivity index (χ2v) is 4.25. The van der Waals surface area contributed by atoms with E-state index in [0.717, 1.165) is 10.0 Å². The molecule has 1 aromatic rings. The smallest absolute Gasteiger partial charge is 0.0916 e. The second kappa shape index (κ2) is 4.74. The van der Waals surface area contributed by atoms with Crippen LogP contribution in [0.15, 0.2) is 28.7 Å². The number of aliphatic hydroxyl groups is 1. The molecule has 0 spiro atoms. The Morgan fingerprint density at radius 2 is 1.85 bits per heavy atom. The number of hydrogen-bond acceptors (Lipinski definition) is 2. The molecule has 0 saturated heterocycles. The van der Waals surface area contributed by atoms with E-state index >= 15 is 0 Å². The number of halogens is 1. The molecule has 0 aliphatic carbocycles. The van der Waals surface area contributed by atoms with Gasteiger partial charge in [-0.1, -0.05) is 28.1 Å². The monoisotopic (exact) mass is 243 g/mol. The van der Waals surface area contributed by atoms with Gasteiger partial charge in [0.2, 0.25) is 0 Å². The molecule has 0 fully saturated rings. The van der Waals surface area contributed by atoms with Crippen molar-refractivity contribution in [3.05, 3.63) is 34.3 Å². The Kier molecular flexibility index (Phi) is 3.90. The number of likely N-dealkylation sites (N-methyl/N-ethyl adjacent to an activating group) is 1. The topological polar surface area (TPSA) is 23.5 Å². The molecule has 1 aromatic carbocycles. The van der Waals surface area contributed by atoms with Gasteiger partial charge in [-0.05, 0) is 31.8 Å². The summed E-state index contributed by atoms with van der Waals surface area (Å²) in [7, 11) is 3.89. The fourth-order valence-corrected chi connectivity index (χ4v) is 1.40. The molecule has 2 nitrogen and oxygen atoms in total. The van der Waals surface area contributed by atoms with E-state index in [4.69, 9.17) is 0 Å². The molecule has 1 rings (SSSR count). The summed E-state index contributed by atoms with van der Waals surface area (Å²) in [5.41, 5.74) is 0.955. The quantitative estimate of drug-likeness (QED) is 0.879. The third-order valence-electron chi connectivity index (χ3n) is 1.79. The maximum atomic E-state index is 9.72. The van der Waals surface area contributed by atoms with Crippen molar-refractivity contribution in [1.29, 1.82) is 0 Å².